The highest BCUT2D eigenvalue weighted by molar-refractivity contribution is 7.98. The fourth-order valence-electron chi connectivity index (χ4n) is 3.99. The molecule has 0 saturated heterocycles. The Balaban J connectivity index is 1.26. The number of aryl methyl sites for hydroxylation is 1. The van der Waals surface area contributed by atoms with Gasteiger partial charge in [-0.15, -0.1) is 0 Å². The van der Waals surface area contributed by atoms with Crippen LogP contribution < -0.4 is 5.32 Å². The van der Waals surface area contributed by atoms with Gasteiger partial charge in [0.05, 0.1) is 23.8 Å². The minimum Gasteiger partial charge on any atom is -0.348 e. The Morgan fingerprint density at radius 2 is 1.75 bits per heavy atom. The molecule has 5 rings (SSSR count). The fourth-order valence-corrected chi connectivity index (χ4v) is 4.96. The number of aromatic nitrogens is 3. The van der Waals surface area contributed by atoms with Crippen LogP contribution in [0.1, 0.15) is 32.6 Å². The average molecular weight is 497 g/mol. The highest BCUT2D eigenvalue weighted by atomic mass is 32.2. The summed E-state index contributed by atoms with van der Waals surface area (Å²) in [7, 11) is 0. The number of rotatable bonds is 8. The highest BCUT2D eigenvalue weighted by Crippen LogP contribution is 2.27. The molecule has 0 unspecified atom stereocenters. The molecular formula is C29H25FN4OS. The number of hydrogen-bond donors (Lipinski definition) is 1. The first kappa shape index (κ1) is 23.8. The molecule has 0 saturated carbocycles. The molecule has 3 aromatic carbocycles. The summed E-state index contributed by atoms with van der Waals surface area (Å²) in [5.41, 5.74) is 6.77. The second-order valence-electron chi connectivity index (χ2n) is 8.63. The number of nitrogens with one attached hydrogen (secondary N) is 1. The van der Waals surface area contributed by atoms with E-state index in [4.69, 9.17) is 4.98 Å². The molecule has 0 fully saturated rings. The molecule has 2 heterocycles. The molecule has 0 radical (unpaired) electrons. The molecule has 0 aliphatic heterocycles. The first-order chi connectivity index (χ1) is 17.5. The van der Waals surface area contributed by atoms with E-state index >= 15 is 0 Å². The number of pyridine rings is 1. The standard InChI is InChI=1S/C29H25FN4OS/c1-20-3-2-4-23(15-20)16-32-28(35)24-9-5-22(6-10-24)19-36-29-33-26-13-14-31-17-27(26)34(29)18-21-7-11-25(30)12-8-21/h2-15,17H,16,18-19H2,1H3,(H,32,35). The summed E-state index contributed by atoms with van der Waals surface area (Å²) in [5, 5.41) is 3.85. The Hall–Kier alpha value is -3.97. The van der Waals surface area contributed by atoms with E-state index in [0.29, 0.717) is 24.4 Å². The van der Waals surface area contributed by atoms with Gasteiger partial charge in [0, 0.05) is 24.1 Å². The number of carbonyl (C=O) groups is 1. The number of amides is 1. The van der Waals surface area contributed by atoms with Gasteiger partial charge in [0.2, 0.25) is 0 Å². The van der Waals surface area contributed by atoms with Gasteiger partial charge in [-0.1, -0.05) is 65.9 Å². The van der Waals surface area contributed by atoms with Crippen LogP contribution in [0.15, 0.2) is 96.4 Å². The summed E-state index contributed by atoms with van der Waals surface area (Å²) in [6.07, 6.45) is 3.54. The van der Waals surface area contributed by atoms with Crippen molar-refractivity contribution >= 4 is 28.7 Å². The first-order valence-corrected chi connectivity index (χ1v) is 12.6. The van der Waals surface area contributed by atoms with Gasteiger partial charge in [-0.05, 0) is 53.9 Å². The SMILES string of the molecule is Cc1cccc(CNC(=O)c2ccc(CSc3nc4ccncc4n3Cc3ccc(F)cc3)cc2)c1. The van der Waals surface area contributed by atoms with E-state index in [2.05, 4.69) is 20.9 Å². The Labute approximate surface area is 213 Å². The molecule has 2 aromatic heterocycles. The fraction of sp³-hybridized carbons (Fsp3) is 0.138. The van der Waals surface area contributed by atoms with Crippen LogP contribution in [0.5, 0.6) is 0 Å². The molecule has 5 aromatic rings. The monoisotopic (exact) mass is 496 g/mol. The van der Waals surface area contributed by atoms with Gasteiger partial charge < -0.3 is 9.88 Å². The summed E-state index contributed by atoms with van der Waals surface area (Å²) >= 11 is 1.62. The van der Waals surface area contributed by atoms with Crippen molar-refractivity contribution in [3.05, 3.63) is 125 Å². The van der Waals surface area contributed by atoms with E-state index in [1.165, 1.54) is 17.7 Å². The van der Waals surface area contributed by atoms with Crippen LogP contribution in [0.2, 0.25) is 0 Å². The van der Waals surface area contributed by atoms with Gasteiger partial charge in [-0.2, -0.15) is 0 Å². The van der Waals surface area contributed by atoms with Gasteiger partial charge in [-0.3, -0.25) is 9.78 Å². The van der Waals surface area contributed by atoms with Crippen LogP contribution in [0.3, 0.4) is 0 Å². The molecule has 5 nitrogen and oxygen atoms in total. The number of halogens is 1. The van der Waals surface area contributed by atoms with E-state index in [1.54, 1.807) is 36.3 Å². The molecule has 1 N–H and O–H groups in total. The van der Waals surface area contributed by atoms with Gasteiger partial charge in [0.1, 0.15) is 5.82 Å². The average Bonchev–Trinajstić information content (AvgIpc) is 3.25. The van der Waals surface area contributed by atoms with Crippen molar-refractivity contribution in [2.45, 2.75) is 30.9 Å². The molecule has 0 aliphatic carbocycles. The van der Waals surface area contributed by atoms with E-state index < -0.39 is 0 Å². The van der Waals surface area contributed by atoms with Crippen molar-refractivity contribution < 1.29 is 9.18 Å². The summed E-state index contributed by atoms with van der Waals surface area (Å²) in [6.45, 7) is 3.11. The number of carbonyl (C=O) groups excluding carboxylic acids is 1. The summed E-state index contributed by atoms with van der Waals surface area (Å²) in [6, 6.07) is 24.2. The number of hydrogen-bond acceptors (Lipinski definition) is 4. The smallest absolute Gasteiger partial charge is 0.251 e. The lowest BCUT2D eigenvalue weighted by atomic mass is 10.1. The summed E-state index contributed by atoms with van der Waals surface area (Å²) < 4.78 is 15.5. The van der Waals surface area contributed by atoms with Crippen molar-refractivity contribution in [3.8, 4) is 0 Å². The molecule has 0 atom stereocenters. The van der Waals surface area contributed by atoms with Crippen molar-refractivity contribution in [1.29, 1.82) is 0 Å². The quantitative estimate of drug-likeness (QED) is 0.262. The number of imidazole rings is 1. The third kappa shape index (κ3) is 5.63. The van der Waals surface area contributed by atoms with E-state index in [1.807, 2.05) is 55.5 Å². The zero-order valence-electron chi connectivity index (χ0n) is 19.8. The number of fused-ring (bicyclic) bond motifs is 1. The van der Waals surface area contributed by atoms with E-state index in [9.17, 15) is 9.18 Å². The van der Waals surface area contributed by atoms with Crippen molar-refractivity contribution in [1.82, 2.24) is 19.9 Å². The maximum absolute atomic E-state index is 13.4. The normalized spacial score (nSPS) is 11.1. The topological polar surface area (TPSA) is 59.8 Å². The van der Waals surface area contributed by atoms with Crippen molar-refractivity contribution in [2.24, 2.45) is 0 Å². The molecule has 0 aliphatic rings. The molecule has 0 bridgehead atoms. The van der Waals surface area contributed by atoms with Crippen molar-refractivity contribution in [2.75, 3.05) is 0 Å². The third-order valence-electron chi connectivity index (χ3n) is 5.89. The Kier molecular flexibility index (Phi) is 7.09. The number of nitrogens with zero attached hydrogens (tertiary/aromatic N) is 3. The summed E-state index contributed by atoms with van der Waals surface area (Å²) in [4.78, 5) is 21.6. The lowest BCUT2D eigenvalue weighted by molar-refractivity contribution is 0.0951. The minimum absolute atomic E-state index is 0.0932. The Morgan fingerprint density at radius 3 is 2.53 bits per heavy atom. The maximum atomic E-state index is 13.4. The van der Waals surface area contributed by atoms with Crippen LogP contribution >= 0.6 is 11.8 Å². The molecule has 180 valence electrons. The minimum atomic E-state index is -0.252. The van der Waals surface area contributed by atoms with Crippen LogP contribution in [0.25, 0.3) is 11.0 Å². The first-order valence-electron chi connectivity index (χ1n) is 11.7. The lowest BCUT2D eigenvalue weighted by Gasteiger charge is -2.10. The van der Waals surface area contributed by atoms with E-state index in [0.717, 1.165) is 32.9 Å². The molecule has 0 spiro atoms. The molecule has 1 amide bonds. The molecular weight excluding hydrogens is 471 g/mol. The van der Waals surface area contributed by atoms with Gasteiger partial charge in [0.15, 0.2) is 5.16 Å². The van der Waals surface area contributed by atoms with Crippen molar-refractivity contribution in [3.63, 3.8) is 0 Å². The predicted molar refractivity (Wildman–Crippen MR) is 141 cm³/mol. The van der Waals surface area contributed by atoms with Crippen LogP contribution in [-0.4, -0.2) is 20.4 Å². The zero-order chi connectivity index (χ0) is 24.9. The maximum Gasteiger partial charge on any atom is 0.251 e. The highest BCUT2D eigenvalue weighted by Gasteiger charge is 2.13. The van der Waals surface area contributed by atoms with E-state index in [-0.39, 0.29) is 11.7 Å². The Bertz CT molecular complexity index is 1500. The largest absolute Gasteiger partial charge is 0.348 e. The summed E-state index contributed by atoms with van der Waals surface area (Å²) in [5.74, 6) is 0.354. The van der Waals surface area contributed by atoms with Crippen LogP contribution in [0, 0.1) is 12.7 Å². The lowest BCUT2D eigenvalue weighted by Crippen LogP contribution is -2.22. The second kappa shape index (κ2) is 10.7. The number of benzene rings is 3. The number of thioether (sulfide) groups is 1. The Morgan fingerprint density at radius 1 is 0.972 bits per heavy atom. The van der Waals surface area contributed by atoms with Gasteiger partial charge in [0.25, 0.3) is 5.91 Å². The molecule has 36 heavy (non-hydrogen) atoms. The van der Waals surface area contributed by atoms with Crippen LogP contribution in [-0.2, 0) is 18.8 Å². The second-order valence-corrected chi connectivity index (χ2v) is 9.57. The van der Waals surface area contributed by atoms with Gasteiger partial charge in [-0.25, -0.2) is 9.37 Å². The molecule has 7 heteroatoms. The third-order valence-corrected chi connectivity index (χ3v) is 6.94. The predicted octanol–water partition coefficient (Wildman–Crippen LogP) is 6.15. The van der Waals surface area contributed by atoms with Gasteiger partial charge >= 0.3 is 0 Å². The zero-order valence-corrected chi connectivity index (χ0v) is 20.6. The van der Waals surface area contributed by atoms with Crippen LogP contribution in [0.4, 0.5) is 4.39 Å².